The van der Waals surface area contributed by atoms with Gasteiger partial charge in [-0.15, -0.1) is 0 Å². The minimum atomic E-state index is -3.38. The zero-order valence-corrected chi connectivity index (χ0v) is 23.8. The molecule has 2 aromatic heterocycles. The predicted molar refractivity (Wildman–Crippen MR) is 158 cm³/mol. The van der Waals surface area contributed by atoms with Crippen molar-refractivity contribution < 1.29 is 8.42 Å². The molecule has 1 saturated heterocycles. The first kappa shape index (κ1) is 26.2. The predicted octanol–water partition coefficient (Wildman–Crippen LogP) is 6.00. The molecule has 0 aliphatic carbocycles. The number of aryl methyl sites for hydroxylation is 1. The van der Waals surface area contributed by atoms with E-state index in [1.807, 2.05) is 49.4 Å². The van der Waals surface area contributed by atoms with E-state index in [2.05, 4.69) is 50.5 Å². The lowest BCUT2D eigenvalue weighted by molar-refractivity contribution is 0.565. The number of aromatic nitrogens is 2. The molecule has 5 rings (SSSR count). The fourth-order valence-corrected chi connectivity index (χ4v) is 6.23. The van der Waals surface area contributed by atoms with Gasteiger partial charge >= 0.3 is 0 Å². The van der Waals surface area contributed by atoms with Gasteiger partial charge in [-0.3, -0.25) is 9.71 Å². The van der Waals surface area contributed by atoms with E-state index in [9.17, 15) is 8.42 Å². The minimum Gasteiger partial charge on any atom is -0.351 e. The van der Waals surface area contributed by atoms with Gasteiger partial charge in [-0.1, -0.05) is 23.7 Å². The maximum absolute atomic E-state index is 11.7. The molecule has 38 heavy (non-hydrogen) atoms. The molecule has 0 spiro atoms. The molecular weight excluding hydrogens is 538 g/mol. The highest BCUT2D eigenvalue weighted by molar-refractivity contribution is 7.92. The van der Waals surface area contributed by atoms with Gasteiger partial charge in [0.05, 0.1) is 24.0 Å². The highest BCUT2D eigenvalue weighted by atomic mass is 35.5. The molecule has 0 amide bonds. The van der Waals surface area contributed by atoms with Crippen molar-refractivity contribution in [2.75, 3.05) is 15.9 Å². The van der Waals surface area contributed by atoms with Gasteiger partial charge in [0.1, 0.15) is 0 Å². The molecule has 0 radical (unpaired) electrons. The number of nitrogens with one attached hydrogen (secondary N) is 2. The molecule has 1 aliphatic rings. The van der Waals surface area contributed by atoms with Crippen LogP contribution in [0.25, 0.3) is 5.69 Å². The maximum Gasteiger partial charge on any atom is 0.229 e. The van der Waals surface area contributed by atoms with Crippen LogP contribution in [0.5, 0.6) is 0 Å². The summed E-state index contributed by atoms with van der Waals surface area (Å²) in [4.78, 5) is 6.73. The summed E-state index contributed by atoms with van der Waals surface area (Å²) < 4.78 is 28.1. The van der Waals surface area contributed by atoms with E-state index in [1.54, 1.807) is 18.3 Å². The Morgan fingerprint density at radius 1 is 1.03 bits per heavy atom. The number of hydrogen-bond donors (Lipinski definition) is 2. The Hall–Kier alpha value is -3.40. The van der Waals surface area contributed by atoms with E-state index in [0.29, 0.717) is 10.8 Å². The Bertz CT molecular complexity index is 1620. The maximum atomic E-state index is 11.7. The van der Waals surface area contributed by atoms with Crippen molar-refractivity contribution in [2.24, 2.45) is 0 Å². The van der Waals surface area contributed by atoms with Crippen LogP contribution in [0.15, 0.2) is 72.9 Å². The smallest absolute Gasteiger partial charge is 0.229 e. The topological polar surface area (TPSA) is 79.3 Å². The molecule has 0 bridgehead atoms. The van der Waals surface area contributed by atoms with Crippen LogP contribution in [0.3, 0.4) is 0 Å². The number of thiocarbonyl (C=S) groups is 1. The van der Waals surface area contributed by atoms with Gasteiger partial charge < -0.3 is 14.8 Å². The third-order valence-electron chi connectivity index (χ3n) is 6.82. The number of benzene rings is 2. The highest BCUT2D eigenvalue weighted by Gasteiger charge is 2.42. The number of nitrogens with zero attached hydrogens (tertiary/aromatic N) is 3. The Labute approximate surface area is 233 Å². The van der Waals surface area contributed by atoms with E-state index >= 15 is 0 Å². The summed E-state index contributed by atoms with van der Waals surface area (Å²) in [6, 6.07) is 20.8. The van der Waals surface area contributed by atoms with Crippen molar-refractivity contribution in [3.05, 3.63) is 106 Å². The molecule has 7 nitrogen and oxygen atoms in total. The second-order valence-corrected chi connectivity index (χ2v) is 12.0. The second-order valence-electron chi connectivity index (χ2n) is 9.46. The van der Waals surface area contributed by atoms with Crippen molar-refractivity contribution in [1.29, 1.82) is 0 Å². The van der Waals surface area contributed by atoms with E-state index < -0.39 is 10.0 Å². The van der Waals surface area contributed by atoms with Gasteiger partial charge in [-0.25, -0.2) is 8.42 Å². The largest absolute Gasteiger partial charge is 0.351 e. The lowest BCUT2D eigenvalue weighted by atomic mass is 9.96. The quantitative estimate of drug-likeness (QED) is 0.279. The number of sulfonamides is 1. The van der Waals surface area contributed by atoms with E-state index in [1.165, 1.54) is 0 Å². The van der Waals surface area contributed by atoms with Crippen LogP contribution < -0.4 is 14.9 Å². The highest BCUT2D eigenvalue weighted by Crippen LogP contribution is 2.44. The number of hydrogen-bond acceptors (Lipinski definition) is 4. The molecule has 4 aromatic rings. The van der Waals surface area contributed by atoms with E-state index in [-0.39, 0.29) is 12.1 Å². The first-order chi connectivity index (χ1) is 18.0. The van der Waals surface area contributed by atoms with Crippen LogP contribution in [0.4, 0.5) is 11.4 Å². The lowest BCUT2D eigenvalue weighted by Gasteiger charge is -2.28. The third-order valence-corrected chi connectivity index (χ3v) is 8.15. The Balaban J connectivity index is 1.65. The van der Waals surface area contributed by atoms with Crippen LogP contribution in [0.1, 0.15) is 40.3 Å². The van der Waals surface area contributed by atoms with Gasteiger partial charge in [0.25, 0.3) is 0 Å². The van der Waals surface area contributed by atoms with E-state index in [4.69, 9.17) is 23.8 Å². The zero-order chi connectivity index (χ0) is 27.2. The number of pyridine rings is 1. The molecule has 2 atom stereocenters. The van der Waals surface area contributed by atoms with Crippen LogP contribution >= 0.6 is 23.8 Å². The fraction of sp³-hybridized carbons (Fsp3) is 0.214. The molecule has 196 valence electrons. The Kier molecular flexibility index (Phi) is 6.94. The summed E-state index contributed by atoms with van der Waals surface area (Å²) in [5.74, 6) is 0. The van der Waals surface area contributed by atoms with E-state index in [0.717, 1.165) is 50.9 Å². The average Bonchev–Trinajstić information content (AvgIpc) is 3.36. The van der Waals surface area contributed by atoms with Gasteiger partial charge in [0.15, 0.2) is 5.11 Å². The standard InChI is InChI=1S/C28H28ClN5O2S2/c1-17-16-22(19(3)33(17)25-10-7-8-23(29)18(25)2)27-26(24-9-5-6-15-30-24)31-28(37)34(27)21-13-11-20(12-14-21)32-38(4,35)36/h5-16,26-27,32H,1-4H3,(H,31,37). The monoisotopic (exact) mass is 565 g/mol. The molecule has 10 heteroatoms. The molecule has 2 unspecified atom stereocenters. The van der Waals surface area contributed by atoms with Crippen LogP contribution in [-0.2, 0) is 10.0 Å². The van der Waals surface area contributed by atoms with Gasteiger partial charge in [0.2, 0.25) is 10.0 Å². The van der Waals surface area contributed by atoms with Crippen molar-refractivity contribution in [1.82, 2.24) is 14.9 Å². The molecular formula is C28H28ClN5O2S2. The van der Waals surface area contributed by atoms with Crippen molar-refractivity contribution in [2.45, 2.75) is 32.9 Å². The summed E-state index contributed by atoms with van der Waals surface area (Å²) in [6.07, 6.45) is 2.91. The number of rotatable bonds is 6. The zero-order valence-electron chi connectivity index (χ0n) is 21.4. The number of halogens is 1. The molecule has 1 aliphatic heterocycles. The summed E-state index contributed by atoms with van der Waals surface area (Å²) in [5.41, 5.74) is 7.50. The van der Waals surface area contributed by atoms with Crippen LogP contribution in [0, 0.1) is 20.8 Å². The van der Waals surface area contributed by atoms with Crippen molar-refractivity contribution in [3.63, 3.8) is 0 Å². The average molecular weight is 566 g/mol. The molecule has 2 N–H and O–H groups in total. The number of anilines is 2. The summed E-state index contributed by atoms with van der Waals surface area (Å²) in [6.45, 7) is 6.22. The molecule has 3 heterocycles. The van der Waals surface area contributed by atoms with Gasteiger partial charge in [-0.2, -0.15) is 0 Å². The first-order valence-electron chi connectivity index (χ1n) is 12.1. The lowest BCUT2D eigenvalue weighted by Crippen LogP contribution is -2.29. The molecule has 0 saturated carbocycles. The molecule has 2 aromatic carbocycles. The van der Waals surface area contributed by atoms with Crippen LogP contribution in [-0.4, -0.2) is 29.3 Å². The summed E-state index contributed by atoms with van der Waals surface area (Å²) in [5, 5.41) is 4.78. The van der Waals surface area contributed by atoms with Crippen LogP contribution in [0.2, 0.25) is 5.02 Å². The van der Waals surface area contributed by atoms with Crippen molar-refractivity contribution >= 4 is 50.3 Å². The Morgan fingerprint density at radius 2 is 1.76 bits per heavy atom. The van der Waals surface area contributed by atoms with Crippen molar-refractivity contribution in [3.8, 4) is 5.69 Å². The third kappa shape index (κ3) is 4.89. The Morgan fingerprint density at radius 3 is 2.42 bits per heavy atom. The SMILES string of the molecule is Cc1c(Cl)cccc1-n1c(C)cc(C2C(c3ccccn3)NC(=S)N2c2ccc(NS(C)(=O)=O)cc2)c1C. The second kappa shape index (κ2) is 10.1. The summed E-state index contributed by atoms with van der Waals surface area (Å²) >= 11 is 12.3. The van der Waals surface area contributed by atoms with Gasteiger partial charge in [-0.05, 0) is 98.7 Å². The summed E-state index contributed by atoms with van der Waals surface area (Å²) in [7, 11) is -3.38. The fourth-order valence-electron chi connectivity index (χ4n) is 5.15. The normalized spacial score (nSPS) is 17.5. The van der Waals surface area contributed by atoms with Gasteiger partial charge in [0, 0.05) is 39.7 Å². The minimum absolute atomic E-state index is 0.202. The molecule has 1 fully saturated rings. The first-order valence-corrected chi connectivity index (χ1v) is 14.8.